The Hall–Kier alpha value is -1.65. The maximum absolute atomic E-state index is 11.5. The number of carboxylic acids is 1. The first-order valence-electron chi connectivity index (χ1n) is 5.85. The Morgan fingerprint density at radius 2 is 1.71 bits per heavy atom. The fourth-order valence-electron chi connectivity index (χ4n) is 2.63. The summed E-state index contributed by atoms with van der Waals surface area (Å²) in [5.41, 5.74) is 0. The largest absolute Gasteiger partial charge is 0.481 e. The van der Waals surface area contributed by atoms with Crippen molar-refractivity contribution in [1.29, 1.82) is 0 Å². The van der Waals surface area contributed by atoms with Crippen molar-refractivity contribution in [3.8, 4) is 0 Å². The van der Waals surface area contributed by atoms with Gasteiger partial charge in [0, 0.05) is 24.6 Å². The Balaban J connectivity index is 1.89. The van der Waals surface area contributed by atoms with Crippen LogP contribution in [0.15, 0.2) is 12.2 Å². The second-order valence-corrected chi connectivity index (χ2v) is 4.65. The lowest BCUT2D eigenvalue weighted by Gasteiger charge is -2.32. The molecule has 1 N–H and O–H groups in total. The molecule has 0 saturated heterocycles. The highest BCUT2D eigenvalue weighted by atomic mass is 16.4. The van der Waals surface area contributed by atoms with Crippen molar-refractivity contribution in [1.82, 2.24) is 4.90 Å². The quantitative estimate of drug-likeness (QED) is 0.741. The van der Waals surface area contributed by atoms with Gasteiger partial charge in [0.05, 0.1) is 0 Å². The third-order valence-corrected chi connectivity index (χ3v) is 3.49. The smallest absolute Gasteiger partial charge is 0.303 e. The minimum Gasteiger partial charge on any atom is -0.481 e. The van der Waals surface area contributed by atoms with Gasteiger partial charge in [0.2, 0.25) is 0 Å². The van der Waals surface area contributed by atoms with Gasteiger partial charge in [0.1, 0.15) is 0 Å². The number of hydrogen-bond donors (Lipinski definition) is 1. The molecule has 2 aliphatic rings. The highest BCUT2D eigenvalue weighted by molar-refractivity contribution is 6.13. The van der Waals surface area contributed by atoms with E-state index in [1.807, 2.05) is 0 Å². The van der Waals surface area contributed by atoms with E-state index < -0.39 is 5.97 Å². The molecule has 1 heterocycles. The molecule has 1 fully saturated rings. The first kappa shape index (κ1) is 11.8. The number of carbonyl (C=O) groups excluding carboxylic acids is 2. The molecule has 0 radical (unpaired) electrons. The lowest BCUT2D eigenvalue weighted by Crippen LogP contribution is -2.42. The Morgan fingerprint density at radius 1 is 1.18 bits per heavy atom. The summed E-state index contributed by atoms with van der Waals surface area (Å²) in [7, 11) is 0. The Bertz CT molecular complexity index is 362. The molecule has 0 bridgehead atoms. The van der Waals surface area contributed by atoms with E-state index in [4.69, 9.17) is 5.11 Å². The number of imide groups is 1. The molecule has 92 valence electrons. The highest BCUT2D eigenvalue weighted by Crippen LogP contribution is 2.30. The minimum atomic E-state index is -0.775. The molecule has 0 spiro atoms. The fourth-order valence-corrected chi connectivity index (χ4v) is 2.63. The zero-order valence-electron chi connectivity index (χ0n) is 9.46. The predicted octanol–water partition coefficient (Wildman–Crippen LogP) is 0.945. The summed E-state index contributed by atoms with van der Waals surface area (Å²) >= 11 is 0. The zero-order chi connectivity index (χ0) is 12.4. The van der Waals surface area contributed by atoms with Crippen LogP contribution in [0, 0.1) is 5.92 Å². The second kappa shape index (κ2) is 4.69. The summed E-state index contributed by atoms with van der Waals surface area (Å²) < 4.78 is 0. The standard InChI is InChI=1S/C12H15NO4/c14-10-5-6-11(15)13(10)9-3-1-8(2-4-9)7-12(16)17/h5-6,8-9H,1-4,7H2,(H,16,17). The number of nitrogens with zero attached hydrogens (tertiary/aromatic N) is 1. The van der Waals surface area contributed by atoms with Crippen LogP contribution in [0.1, 0.15) is 32.1 Å². The van der Waals surface area contributed by atoms with E-state index in [0.29, 0.717) is 0 Å². The van der Waals surface area contributed by atoms with Crippen molar-refractivity contribution in [3.63, 3.8) is 0 Å². The van der Waals surface area contributed by atoms with Crippen LogP contribution in [0.3, 0.4) is 0 Å². The van der Waals surface area contributed by atoms with E-state index >= 15 is 0 Å². The van der Waals surface area contributed by atoms with Crippen molar-refractivity contribution in [2.24, 2.45) is 5.92 Å². The molecule has 0 unspecified atom stereocenters. The summed E-state index contributed by atoms with van der Waals surface area (Å²) in [6, 6.07) is -0.0463. The summed E-state index contributed by atoms with van der Waals surface area (Å²) in [6.07, 6.45) is 5.76. The number of amides is 2. The molecule has 5 heteroatoms. The molecular weight excluding hydrogens is 222 g/mol. The van der Waals surface area contributed by atoms with Crippen LogP contribution in [-0.4, -0.2) is 33.8 Å². The van der Waals surface area contributed by atoms with Crippen molar-refractivity contribution in [2.75, 3.05) is 0 Å². The van der Waals surface area contributed by atoms with E-state index in [1.54, 1.807) is 0 Å². The summed E-state index contributed by atoms with van der Waals surface area (Å²) in [5.74, 6) is -1.07. The van der Waals surface area contributed by atoms with E-state index in [9.17, 15) is 14.4 Å². The first-order chi connectivity index (χ1) is 8.08. The minimum absolute atomic E-state index is 0.0463. The van der Waals surface area contributed by atoms with Gasteiger partial charge in [-0.3, -0.25) is 19.3 Å². The maximum atomic E-state index is 11.5. The number of rotatable bonds is 3. The third-order valence-electron chi connectivity index (χ3n) is 3.49. The summed E-state index contributed by atoms with van der Waals surface area (Å²) in [5, 5.41) is 8.70. The summed E-state index contributed by atoms with van der Waals surface area (Å²) in [6.45, 7) is 0. The molecule has 0 aromatic rings. The fraction of sp³-hybridized carbons (Fsp3) is 0.583. The third kappa shape index (κ3) is 2.54. The van der Waals surface area contributed by atoms with Gasteiger partial charge in [-0.15, -0.1) is 0 Å². The maximum Gasteiger partial charge on any atom is 0.303 e. The average molecular weight is 237 g/mol. The van der Waals surface area contributed by atoms with Crippen LogP contribution in [-0.2, 0) is 14.4 Å². The van der Waals surface area contributed by atoms with Crippen molar-refractivity contribution < 1.29 is 19.5 Å². The van der Waals surface area contributed by atoms with Crippen LogP contribution in [0.2, 0.25) is 0 Å². The normalized spacial score (nSPS) is 28.8. The van der Waals surface area contributed by atoms with Crippen molar-refractivity contribution in [2.45, 2.75) is 38.1 Å². The van der Waals surface area contributed by atoms with Gasteiger partial charge in [-0.2, -0.15) is 0 Å². The monoisotopic (exact) mass is 237 g/mol. The van der Waals surface area contributed by atoms with Crippen LogP contribution < -0.4 is 0 Å². The molecule has 0 aromatic carbocycles. The number of carboxylic acid groups (broad SMARTS) is 1. The summed E-state index contributed by atoms with van der Waals surface area (Å²) in [4.78, 5) is 34.8. The topological polar surface area (TPSA) is 74.7 Å². The van der Waals surface area contributed by atoms with Gasteiger partial charge >= 0.3 is 5.97 Å². The van der Waals surface area contributed by atoms with E-state index in [-0.39, 0.29) is 30.2 Å². The predicted molar refractivity (Wildman–Crippen MR) is 59.0 cm³/mol. The van der Waals surface area contributed by atoms with Crippen LogP contribution in [0.5, 0.6) is 0 Å². The average Bonchev–Trinajstić information content (AvgIpc) is 2.59. The van der Waals surface area contributed by atoms with Gasteiger partial charge < -0.3 is 5.11 Å². The molecule has 0 atom stereocenters. The molecule has 5 nitrogen and oxygen atoms in total. The van der Waals surface area contributed by atoms with E-state index in [1.165, 1.54) is 17.1 Å². The Kier molecular flexibility index (Phi) is 3.26. The molecule has 1 saturated carbocycles. The van der Waals surface area contributed by atoms with Crippen LogP contribution in [0.4, 0.5) is 0 Å². The zero-order valence-corrected chi connectivity index (χ0v) is 9.46. The number of hydrogen-bond acceptors (Lipinski definition) is 3. The van der Waals surface area contributed by atoms with Crippen molar-refractivity contribution in [3.05, 3.63) is 12.2 Å². The van der Waals surface area contributed by atoms with Crippen molar-refractivity contribution >= 4 is 17.8 Å². The SMILES string of the molecule is O=C(O)CC1CCC(N2C(=O)C=CC2=O)CC1. The Labute approximate surface area is 99.1 Å². The molecular formula is C12H15NO4. The van der Waals surface area contributed by atoms with Gasteiger partial charge in [-0.25, -0.2) is 0 Å². The second-order valence-electron chi connectivity index (χ2n) is 4.65. The van der Waals surface area contributed by atoms with Gasteiger partial charge in [0.15, 0.2) is 0 Å². The lowest BCUT2D eigenvalue weighted by molar-refractivity contribution is -0.142. The molecule has 1 aliphatic carbocycles. The Morgan fingerprint density at radius 3 is 2.18 bits per heavy atom. The molecule has 17 heavy (non-hydrogen) atoms. The number of carbonyl (C=O) groups is 3. The highest BCUT2D eigenvalue weighted by Gasteiger charge is 2.34. The van der Waals surface area contributed by atoms with Gasteiger partial charge in [-0.05, 0) is 31.6 Å². The molecule has 2 amide bonds. The van der Waals surface area contributed by atoms with Crippen LogP contribution >= 0.6 is 0 Å². The first-order valence-corrected chi connectivity index (χ1v) is 5.85. The lowest BCUT2D eigenvalue weighted by atomic mass is 9.83. The van der Waals surface area contributed by atoms with Crippen LogP contribution in [0.25, 0.3) is 0 Å². The molecule has 0 aromatic heterocycles. The van der Waals surface area contributed by atoms with Gasteiger partial charge in [-0.1, -0.05) is 0 Å². The van der Waals surface area contributed by atoms with E-state index in [0.717, 1.165) is 25.7 Å². The van der Waals surface area contributed by atoms with E-state index in [2.05, 4.69) is 0 Å². The molecule has 2 rings (SSSR count). The molecule has 1 aliphatic heterocycles. The van der Waals surface area contributed by atoms with Gasteiger partial charge in [0.25, 0.3) is 11.8 Å². The number of aliphatic carboxylic acids is 1.